The molecule has 1 aromatic rings. The standard InChI is InChI=1S/C15H22ClN3OS.C2H2O4/c1-2-3-4-8-20-15-14(17-21-18-15)12-10-19-7-5-6-11(9-19)13(12)16;3-1(4)2(5)6/h11H,2-10H2,1H3;(H,3,4)(H,5,6). The number of carboxylic acid groups (broad SMARTS) is 2. The zero-order valence-electron chi connectivity index (χ0n) is 15.2. The Bertz CT molecular complexity index is 682. The van der Waals surface area contributed by atoms with Gasteiger partial charge in [-0.1, -0.05) is 31.4 Å². The lowest BCUT2D eigenvalue weighted by Gasteiger charge is -2.38. The van der Waals surface area contributed by atoms with Crippen LogP contribution in [0.15, 0.2) is 5.03 Å². The Morgan fingerprint density at radius 1 is 1.30 bits per heavy atom. The van der Waals surface area contributed by atoms with Crippen LogP contribution in [0, 0.1) is 5.92 Å². The predicted octanol–water partition coefficient (Wildman–Crippen LogP) is 2.94. The Kier molecular flexibility index (Phi) is 8.46. The van der Waals surface area contributed by atoms with E-state index >= 15 is 0 Å². The normalized spacial score (nSPS) is 21.3. The Morgan fingerprint density at radius 2 is 2.04 bits per heavy atom. The number of hydrogen-bond donors (Lipinski definition) is 2. The molecule has 1 saturated heterocycles. The van der Waals surface area contributed by atoms with Crippen LogP contribution in [0.5, 0.6) is 5.88 Å². The molecular weight excluding hydrogens is 394 g/mol. The molecule has 3 heterocycles. The van der Waals surface area contributed by atoms with Crippen molar-refractivity contribution in [3.8, 4) is 5.88 Å². The van der Waals surface area contributed by atoms with Gasteiger partial charge in [0.25, 0.3) is 5.88 Å². The molecule has 0 saturated carbocycles. The third-order valence-corrected chi connectivity index (χ3v) is 5.50. The van der Waals surface area contributed by atoms with Crippen molar-refractivity contribution in [2.45, 2.75) is 39.0 Å². The fraction of sp³-hybridized carbons (Fsp3) is 0.647. The summed E-state index contributed by atoms with van der Waals surface area (Å²) >= 11 is 7.85. The van der Waals surface area contributed by atoms with Crippen LogP contribution < -0.4 is 4.74 Å². The number of fused-ring (bicyclic) bond motifs is 2. The van der Waals surface area contributed by atoms with Gasteiger partial charge in [0.2, 0.25) is 0 Å². The minimum absolute atomic E-state index is 0.471. The van der Waals surface area contributed by atoms with Gasteiger partial charge in [-0.25, -0.2) is 9.59 Å². The Labute approximate surface area is 167 Å². The maximum atomic E-state index is 9.10. The Hall–Kier alpha value is -1.71. The van der Waals surface area contributed by atoms with E-state index in [2.05, 4.69) is 20.6 Å². The zero-order valence-corrected chi connectivity index (χ0v) is 16.8. The molecule has 1 aromatic heterocycles. The zero-order chi connectivity index (χ0) is 19.8. The molecule has 2 unspecified atom stereocenters. The van der Waals surface area contributed by atoms with E-state index in [1.165, 1.54) is 37.4 Å². The quantitative estimate of drug-likeness (QED) is 0.536. The second-order valence-corrected chi connectivity index (χ2v) is 7.42. The molecule has 0 aliphatic carbocycles. The summed E-state index contributed by atoms with van der Waals surface area (Å²) in [5.74, 6) is -2.51. The highest BCUT2D eigenvalue weighted by molar-refractivity contribution is 6.99. The van der Waals surface area contributed by atoms with Crippen molar-refractivity contribution < 1.29 is 24.5 Å². The lowest BCUT2D eigenvalue weighted by Crippen LogP contribution is -2.40. The van der Waals surface area contributed by atoms with E-state index < -0.39 is 11.9 Å². The molecule has 3 rings (SSSR count). The Morgan fingerprint density at radius 3 is 2.70 bits per heavy atom. The van der Waals surface area contributed by atoms with Crippen LogP contribution in [0.3, 0.4) is 0 Å². The molecule has 0 amide bonds. The minimum atomic E-state index is -1.82. The predicted molar refractivity (Wildman–Crippen MR) is 102 cm³/mol. The van der Waals surface area contributed by atoms with Gasteiger partial charge in [0, 0.05) is 29.6 Å². The molecule has 0 radical (unpaired) electrons. The van der Waals surface area contributed by atoms with Gasteiger partial charge in [-0.15, -0.1) is 4.37 Å². The van der Waals surface area contributed by atoms with Crippen LogP contribution in [0.25, 0.3) is 5.57 Å². The van der Waals surface area contributed by atoms with Gasteiger partial charge in [0.05, 0.1) is 18.3 Å². The first-order valence-electron chi connectivity index (χ1n) is 8.96. The van der Waals surface area contributed by atoms with Crippen LogP contribution in [0.2, 0.25) is 0 Å². The first-order valence-corrected chi connectivity index (χ1v) is 10.1. The molecule has 8 nitrogen and oxygen atoms in total. The van der Waals surface area contributed by atoms with Gasteiger partial charge < -0.3 is 14.9 Å². The van der Waals surface area contributed by atoms with Gasteiger partial charge in [-0.2, -0.15) is 4.37 Å². The smallest absolute Gasteiger partial charge is 0.414 e. The third-order valence-electron chi connectivity index (χ3n) is 4.45. The van der Waals surface area contributed by atoms with E-state index in [1.54, 1.807) is 0 Å². The van der Waals surface area contributed by atoms with Crippen LogP contribution in [0.1, 0.15) is 44.7 Å². The summed E-state index contributed by atoms with van der Waals surface area (Å²) in [5, 5.41) is 15.8. The molecule has 2 atom stereocenters. The molecule has 1 fully saturated rings. The summed E-state index contributed by atoms with van der Waals surface area (Å²) in [4.78, 5) is 20.7. The van der Waals surface area contributed by atoms with Crippen LogP contribution in [0.4, 0.5) is 0 Å². The number of hydrogen-bond acceptors (Lipinski definition) is 7. The van der Waals surface area contributed by atoms with Crippen LogP contribution >= 0.6 is 23.3 Å². The second kappa shape index (κ2) is 10.6. The van der Waals surface area contributed by atoms with Crippen molar-refractivity contribution in [2.24, 2.45) is 5.92 Å². The van der Waals surface area contributed by atoms with E-state index in [0.29, 0.717) is 18.4 Å². The maximum Gasteiger partial charge on any atom is 0.414 e. The number of halogens is 1. The average Bonchev–Trinajstić information content (AvgIpc) is 3.11. The van der Waals surface area contributed by atoms with Gasteiger partial charge in [-0.05, 0) is 25.8 Å². The molecule has 2 N–H and O–H groups in total. The van der Waals surface area contributed by atoms with Crippen molar-refractivity contribution in [1.82, 2.24) is 13.6 Å². The number of carboxylic acids is 2. The molecule has 2 aliphatic heterocycles. The van der Waals surface area contributed by atoms with Crippen molar-refractivity contribution in [2.75, 3.05) is 26.2 Å². The summed E-state index contributed by atoms with van der Waals surface area (Å²) in [6.45, 7) is 6.03. The second-order valence-electron chi connectivity index (χ2n) is 6.48. The number of rotatable bonds is 6. The molecule has 10 heteroatoms. The summed E-state index contributed by atoms with van der Waals surface area (Å²) < 4.78 is 14.6. The highest BCUT2D eigenvalue weighted by atomic mass is 35.5. The monoisotopic (exact) mass is 417 g/mol. The van der Waals surface area contributed by atoms with Gasteiger partial charge in [0.15, 0.2) is 0 Å². The maximum absolute atomic E-state index is 9.10. The number of aromatic nitrogens is 2. The molecule has 0 spiro atoms. The van der Waals surface area contributed by atoms with E-state index in [-0.39, 0.29) is 0 Å². The first kappa shape index (κ1) is 21.6. The number of nitrogens with zero attached hydrogens (tertiary/aromatic N) is 3. The van der Waals surface area contributed by atoms with E-state index in [0.717, 1.165) is 42.4 Å². The van der Waals surface area contributed by atoms with Crippen LogP contribution in [-0.2, 0) is 9.59 Å². The van der Waals surface area contributed by atoms with Crippen molar-refractivity contribution in [1.29, 1.82) is 0 Å². The summed E-state index contributed by atoms with van der Waals surface area (Å²) in [7, 11) is 0. The molecular formula is C17H24ClN3O5S. The molecule has 150 valence electrons. The molecule has 2 bridgehead atoms. The lowest BCUT2D eigenvalue weighted by atomic mass is 9.90. The summed E-state index contributed by atoms with van der Waals surface area (Å²) in [5.41, 5.74) is 2.00. The number of aliphatic carboxylic acids is 2. The van der Waals surface area contributed by atoms with Gasteiger partial charge in [-0.3, -0.25) is 4.90 Å². The number of carbonyl (C=O) groups is 2. The Balaban J connectivity index is 0.000000380. The molecule has 0 aromatic carbocycles. The SMILES string of the molecule is CCCCCOc1nsnc1C1=C(Cl)C2CCCN(C1)C2.O=C(O)C(=O)O. The topological polar surface area (TPSA) is 113 Å². The van der Waals surface area contributed by atoms with Gasteiger partial charge >= 0.3 is 11.9 Å². The van der Waals surface area contributed by atoms with E-state index in [9.17, 15) is 0 Å². The van der Waals surface area contributed by atoms with E-state index in [4.69, 9.17) is 36.1 Å². The van der Waals surface area contributed by atoms with Crippen molar-refractivity contribution >= 4 is 40.8 Å². The summed E-state index contributed by atoms with van der Waals surface area (Å²) in [6.07, 6.45) is 5.87. The fourth-order valence-corrected chi connectivity index (χ4v) is 3.97. The lowest BCUT2D eigenvalue weighted by molar-refractivity contribution is -0.159. The number of piperidine rings is 1. The third kappa shape index (κ3) is 6.15. The summed E-state index contributed by atoms with van der Waals surface area (Å²) in [6, 6.07) is 0. The average molecular weight is 418 g/mol. The van der Waals surface area contributed by atoms with Crippen LogP contribution in [-0.4, -0.2) is 62.0 Å². The van der Waals surface area contributed by atoms with Crippen molar-refractivity contribution in [3.05, 3.63) is 10.7 Å². The fourth-order valence-electron chi connectivity index (χ4n) is 3.12. The van der Waals surface area contributed by atoms with Crippen molar-refractivity contribution in [3.63, 3.8) is 0 Å². The molecule has 27 heavy (non-hydrogen) atoms. The largest absolute Gasteiger partial charge is 0.475 e. The minimum Gasteiger partial charge on any atom is -0.475 e. The number of ether oxygens (including phenoxy) is 1. The molecule has 2 aliphatic rings. The van der Waals surface area contributed by atoms with Gasteiger partial charge in [0.1, 0.15) is 5.69 Å². The highest BCUT2D eigenvalue weighted by Gasteiger charge is 2.32. The first-order chi connectivity index (χ1) is 12.9. The number of unbranched alkanes of at least 4 members (excludes halogenated alkanes) is 2. The van der Waals surface area contributed by atoms with E-state index in [1.807, 2.05) is 0 Å². The highest BCUT2D eigenvalue weighted by Crippen LogP contribution is 2.39.